The molecule has 0 aliphatic carbocycles. The number of halogens is 1. The molecule has 0 saturated heterocycles. The highest BCUT2D eigenvalue weighted by Crippen LogP contribution is 1.89. The molecule has 0 aromatic rings. The zero-order valence-corrected chi connectivity index (χ0v) is 6.32. The van der Waals surface area contributed by atoms with Crippen LogP contribution in [0, 0.1) is 12.3 Å². The highest BCUT2D eigenvalue weighted by atomic mass is 79.9. The smallest absolute Gasteiger partial charge is 0.0267 e. The molecule has 0 N–H and O–H groups in total. The van der Waals surface area contributed by atoms with Gasteiger partial charge in [0.1, 0.15) is 0 Å². The summed E-state index contributed by atoms with van der Waals surface area (Å²) < 4.78 is 0. The summed E-state index contributed by atoms with van der Waals surface area (Å²) in [5.41, 5.74) is 0. The van der Waals surface area contributed by atoms with Crippen LogP contribution in [-0.4, -0.2) is 5.33 Å². The molecule has 0 aromatic heterocycles. The molecular weight excluding hydrogens is 164 g/mol. The number of hydrogen-bond donors (Lipinski definition) is 0. The Morgan fingerprint density at radius 1 is 1.50 bits per heavy atom. The molecule has 0 radical (unpaired) electrons. The topological polar surface area (TPSA) is 0 Å². The van der Waals surface area contributed by atoms with Crippen LogP contribution in [0.4, 0.5) is 0 Å². The zero-order chi connectivity index (χ0) is 6.24. The van der Waals surface area contributed by atoms with Crippen molar-refractivity contribution in [1.82, 2.24) is 0 Å². The molecule has 8 heavy (non-hydrogen) atoms. The molecule has 0 spiro atoms. The summed E-state index contributed by atoms with van der Waals surface area (Å²) in [4.78, 5) is 0. The van der Waals surface area contributed by atoms with E-state index < -0.39 is 0 Å². The standard InChI is InChI=1S/C7H9Br/c1-2-3-4-5-6-7-8/h1,4-5H,3,6-7H2. The van der Waals surface area contributed by atoms with E-state index in [1.54, 1.807) is 0 Å². The van der Waals surface area contributed by atoms with Gasteiger partial charge in [-0.1, -0.05) is 28.1 Å². The quantitative estimate of drug-likeness (QED) is 0.349. The van der Waals surface area contributed by atoms with E-state index >= 15 is 0 Å². The molecule has 0 saturated carbocycles. The van der Waals surface area contributed by atoms with Crippen molar-refractivity contribution in [2.45, 2.75) is 12.8 Å². The van der Waals surface area contributed by atoms with Crippen molar-refractivity contribution in [2.75, 3.05) is 5.33 Å². The average Bonchev–Trinajstić information content (AvgIpc) is 1.81. The van der Waals surface area contributed by atoms with E-state index in [-0.39, 0.29) is 0 Å². The molecule has 0 heterocycles. The van der Waals surface area contributed by atoms with Crippen molar-refractivity contribution in [3.8, 4) is 12.3 Å². The summed E-state index contributed by atoms with van der Waals surface area (Å²) >= 11 is 3.30. The number of alkyl halides is 1. The first-order chi connectivity index (χ1) is 3.91. The maximum absolute atomic E-state index is 5.00. The van der Waals surface area contributed by atoms with E-state index in [1.165, 1.54) is 0 Å². The lowest BCUT2D eigenvalue weighted by Gasteiger charge is -1.78. The van der Waals surface area contributed by atoms with E-state index in [1.807, 2.05) is 6.08 Å². The minimum Gasteiger partial charge on any atom is -0.120 e. The number of hydrogen-bond acceptors (Lipinski definition) is 0. The second-order valence-electron chi connectivity index (χ2n) is 1.36. The summed E-state index contributed by atoms with van der Waals surface area (Å²) in [6.45, 7) is 0. The first kappa shape index (κ1) is 7.78. The number of terminal acetylenes is 1. The predicted octanol–water partition coefficient (Wildman–Crippen LogP) is 2.35. The van der Waals surface area contributed by atoms with Gasteiger partial charge in [-0.3, -0.25) is 0 Å². The summed E-state index contributed by atoms with van der Waals surface area (Å²) in [7, 11) is 0. The van der Waals surface area contributed by atoms with Crippen LogP contribution in [0.5, 0.6) is 0 Å². The van der Waals surface area contributed by atoms with Crippen LogP contribution in [0.15, 0.2) is 12.2 Å². The Morgan fingerprint density at radius 2 is 2.25 bits per heavy atom. The first-order valence-electron chi connectivity index (χ1n) is 2.56. The van der Waals surface area contributed by atoms with E-state index in [9.17, 15) is 0 Å². The van der Waals surface area contributed by atoms with Crippen molar-refractivity contribution < 1.29 is 0 Å². The third-order valence-electron chi connectivity index (χ3n) is 0.678. The van der Waals surface area contributed by atoms with Crippen molar-refractivity contribution in [3.63, 3.8) is 0 Å². The van der Waals surface area contributed by atoms with Gasteiger partial charge >= 0.3 is 0 Å². The van der Waals surface area contributed by atoms with Crippen LogP contribution in [-0.2, 0) is 0 Å². The minimum atomic E-state index is 0.757. The predicted molar refractivity (Wildman–Crippen MR) is 41.0 cm³/mol. The van der Waals surface area contributed by atoms with E-state index in [2.05, 4.69) is 27.9 Å². The molecule has 0 rings (SSSR count). The Bertz CT molecular complexity index is 97.4. The molecule has 0 unspecified atom stereocenters. The molecule has 0 bridgehead atoms. The molecule has 0 aliphatic heterocycles. The summed E-state index contributed by atoms with van der Waals surface area (Å²) in [6.07, 6.45) is 10.9. The maximum atomic E-state index is 5.00. The monoisotopic (exact) mass is 172 g/mol. The van der Waals surface area contributed by atoms with E-state index in [0.717, 1.165) is 18.2 Å². The van der Waals surface area contributed by atoms with Gasteiger partial charge in [-0.2, -0.15) is 0 Å². The Morgan fingerprint density at radius 3 is 2.75 bits per heavy atom. The van der Waals surface area contributed by atoms with Gasteiger partial charge < -0.3 is 0 Å². The zero-order valence-electron chi connectivity index (χ0n) is 4.73. The number of rotatable bonds is 3. The fraction of sp³-hybridized carbons (Fsp3) is 0.429. The van der Waals surface area contributed by atoms with Crippen molar-refractivity contribution in [2.24, 2.45) is 0 Å². The van der Waals surface area contributed by atoms with Crippen LogP contribution in [0.3, 0.4) is 0 Å². The van der Waals surface area contributed by atoms with Crippen LogP contribution in [0.25, 0.3) is 0 Å². The normalized spacial score (nSPS) is 9.50. The molecule has 0 aromatic carbocycles. The molecule has 0 amide bonds. The third kappa shape index (κ3) is 5.78. The molecule has 0 aliphatic rings. The Balaban J connectivity index is 2.98. The van der Waals surface area contributed by atoms with Gasteiger partial charge in [0.15, 0.2) is 0 Å². The highest BCUT2D eigenvalue weighted by Gasteiger charge is 1.70. The van der Waals surface area contributed by atoms with Crippen molar-refractivity contribution in [1.29, 1.82) is 0 Å². The lowest BCUT2D eigenvalue weighted by atomic mass is 10.3. The van der Waals surface area contributed by atoms with Gasteiger partial charge in [0.2, 0.25) is 0 Å². The molecule has 1 heteroatoms. The van der Waals surface area contributed by atoms with Crippen LogP contribution in [0.2, 0.25) is 0 Å². The fourth-order valence-electron chi connectivity index (χ4n) is 0.332. The summed E-state index contributed by atoms with van der Waals surface area (Å²) in [5.74, 6) is 2.52. The van der Waals surface area contributed by atoms with Gasteiger partial charge in [0, 0.05) is 11.8 Å². The van der Waals surface area contributed by atoms with Crippen molar-refractivity contribution in [3.05, 3.63) is 12.2 Å². The van der Waals surface area contributed by atoms with Gasteiger partial charge in [-0.15, -0.1) is 12.3 Å². The second-order valence-corrected chi connectivity index (χ2v) is 2.15. The van der Waals surface area contributed by atoms with Gasteiger partial charge in [0.25, 0.3) is 0 Å². The average molecular weight is 173 g/mol. The van der Waals surface area contributed by atoms with Crippen LogP contribution >= 0.6 is 15.9 Å². The van der Waals surface area contributed by atoms with Crippen molar-refractivity contribution >= 4 is 15.9 Å². The van der Waals surface area contributed by atoms with Crippen LogP contribution in [0.1, 0.15) is 12.8 Å². The molecule has 0 fully saturated rings. The Labute approximate surface area is 59.1 Å². The highest BCUT2D eigenvalue weighted by molar-refractivity contribution is 9.09. The van der Waals surface area contributed by atoms with E-state index in [0.29, 0.717) is 0 Å². The van der Waals surface area contributed by atoms with E-state index in [4.69, 9.17) is 6.42 Å². The SMILES string of the molecule is C#CCC=CCCBr. The van der Waals surface area contributed by atoms with Gasteiger partial charge in [-0.05, 0) is 6.42 Å². The Kier molecular flexibility index (Phi) is 6.59. The number of allylic oxidation sites excluding steroid dienone is 2. The first-order valence-corrected chi connectivity index (χ1v) is 3.68. The molecular formula is C7H9Br. The lowest BCUT2D eigenvalue weighted by molar-refractivity contribution is 1.24. The molecule has 0 atom stereocenters. The third-order valence-corrected chi connectivity index (χ3v) is 1.14. The second kappa shape index (κ2) is 6.78. The summed E-state index contributed by atoms with van der Waals surface area (Å²) in [6, 6.07) is 0. The Hall–Kier alpha value is -0.220. The fourth-order valence-corrected chi connectivity index (χ4v) is 0.597. The lowest BCUT2D eigenvalue weighted by Crippen LogP contribution is -1.64. The minimum absolute atomic E-state index is 0.757. The summed E-state index contributed by atoms with van der Waals surface area (Å²) in [5, 5.41) is 1.02. The molecule has 44 valence electrons. The molecule has 0 nitrogen and oxygen atoms in total. The van der Waals surface area contributed by atoms with Crippen LogP contribution < -0.4 is 0 Å². The van der Waals surface area contributed by atoms with Gasteiger partial charge in [-0.25, -0.2) is 0 Å². The largest absolute Gasteiger partial charge is 0.120 e. The maximum Gasteiger partial charge on any atom is 0.0267 e. The van der Waals surface area contributed by atoms with Gasteiger partial charge in [0.05, 0.1) is 0 Å².